The molecule has 3 heteroatoms. The summed E-state index contributed by atoms with van der Waals surface area (Å²) in [6, 6.07) is 1.73. The lowest BCUT2D eigenvalue weighted by Crippen LogP contribution is -1.77. The molecule has 62 valence electrons. The Hall–Kier alpha value is -0.270. The van der Waals surface area contributed by atoms with E-state index < -0.39 is 0 Å². The number of rotatable bonds is 0. The maximum absolute atomic E-state index is 5.66. The van der Waals surface area contributed by atoms with Crippen LogP contribution >= 0.6 is 23.2 Å². The highest BCUT2D eigenvalue weighted by Crippen LogP contribution is 2.15. The second-order valence-corrected chi connectivity index (χ2v) is 2.55. The molecule has 0 amide bonds. The molecule has 1 heterocycles. The topological polar surface area (TPSA) is 12.9 Å². The van der Waals surface area contributed by atoms with Crippen LogP contribution in [0.15, 0.2) is 12.3 Å². The summed E-state index contributed by atoms with van der Waals surface area (Å²) >= 11 is 11.2. The van der Waals surface area contributed by atoms with Gasteiger partial charge in [0.2, 0.25) is 0 Å². The SMILES string of the molecule is CC.Cc1cc(Cl)ncc1Cl. The zero-order valence-corrected chi connectivity index (χ0v) is 8.37. The van der Waals surface area contributed by atoms with Gasteiger partial charge in [-0.25, -0.2) is 4.98 Å². The summed E-state index contributed by atoms with van der Waals surface area (Å²) in [5.41, 5.74) is 0.955. The Morgan fingerprint density at radius 2 is 1.82 bits per heavy atom. The number of hydrogen-bond donors (Lipinski definition) is 0. The summed E-state index contributed by atoms with van der Waals surface area (Å²) < 4.78 is 0. The summed E-state index contributed by atoms with van der Waals surface area (Å²) in [6.07, 6.45) is 1.54. The van der Waals surface area contributed by atoms with Crippen LogP contribution in [0.2, 0.25) is 10.2 Å². The fourth-order valence-electron chi connectivity index (χ4n) is 0.505. The monoisotopic (exact) mass is 191 g/mol. The van der Waals surface area contributed by atoms with Crippen molar-refractivity contribution >= 4 is 23.2 Å². The Morgan fingerprint density at radius 3 is 2.18 bits per heavy atom. The summed E-state index contributed by atoms with van der Waals surface area (Å²) in [6.45, 7) is 5.88. The number of aromatic nitrogens is 1. The first kappa shape index (κ1) is 10.7. The molecule has 1 nitrogen and oxygen atoms in total. The molecule has 1 aromatic rings. The average Bonchev–Trinajstić information content (AvgIpc) is 2.02. The minimum atomic E-state index is 0.483. The van der Waals surface area contributed by atoms with Crippen LogP contribution in [0.1, 0.15) is 19.4 Å². The molecule has 1 rings (SSSR count). The van der Waals surface area contributed by atoms with E-state index in [0.717, 1.165) is 5.56 Å². The van der Waals surface area contributed by atoms with Crippen molar-refractivity contribution in [3.63, 3.8) is 0 Å². The number of pyridine rings is 1. The van der Waals surface area contributed by atoms with Gasteiger partial charge in [0, 0.05) is 6.20 Å². The molecule has 0 fully saturated rings. The van der Waals surface area contributed by atoms with Gasteiger partial charge in [-0.3, -0.25) is 0 Å². The predicted octanol–water partition coefficient (Wildman–Crippen LogP) is 3.72. The van der Waals surface area contributed by atoms with Gasteiger partial charge in [0.15, 0.2) is 0 Å². The molecule has 11 heavy (non-hydrogen) atoms. The van der Waals surface area contributed by atoms with E-state index in [0.29, 0.717) is 10.2 Å². The van der Waals surface area contributed by atoms with Crippen LogP contribution in [0.25, 0.3) is 0 Å². The summed E-state index contributed by atoms with van der Waals surface area (Å²) in [5, 5.41) is 1.14. The van der Waals surface area contributed by atoms with Gasteiger partial charge in [-0.15, -0.1) is 0 Å². The molecule has 0 radical (unpaired) electrons. The molecule has 0 saturated carbocycles. The van der Waals surface area contributed by atoms with Gasteiger partial charge in [0.1, 0.15) is 5.15 Å². The zero-order chi connectivity index (χ0) is 8.85. The lowest BCUT2D eigenvalue weighted by Gasteiger charge is -1.94. The predicted molar refractivity (Wildman–Crippen MR) is 50.3 cm³/mol. The van der Waals surface area contributed by atoms with Crippen molar-refractivity contribution < 1.29 is 0 Å². The first-order chi connectivity index (χ1) is 5.20. The van der Waals surface area contributed by atoms with Gasteiger partial charge in [-0.2, -0.15) is 0 Å². The van der Waals surface area contributed by atoms with Crippen LogP contribution in [0.5, 0.6) is 0 Å². The van der Waals surface area contributed by atoms with E-state index in [4.69, 9.17) is 23.2 Å². The lowest BCUT2D eigenvalue weighted by atomic mass is 10.3. The van der Waals surface area contributed by atoms with E-state index >= 15 is 0 Å². The van der Waals surface area contributed by atoms with Crippen LogP contribution in [0, 0.1) is 6.92 Å². The Morgan fingerprint density at radius 1 is 1.27 bits per heavy atom. The molecule has 0 aliphatic carbocycles. The highest BCUT2D eigenvalue weighted by atomic mass is 35.5. The van der Waals surface area contributed by atoms with Crippen molar-refractivity contribution in [3.8, 4) is 0 Å². The average molecular weight is 192 g/mol. The van der Waals surface area contributed by atoms with Gasteiger partial charge < -0.3 is 0 Å². The van der Waals surface area contributed by atoms with Crippen LogP contribution in [-0.2, 0) is 0 Å². The number of nitrogens with zero attached hydrogens (tertiary/aromatic N) is 1. The highest BCUT2D eigenvalue weighted by molar-refractivity contribution is 6.32. The number of halogens is 2. The molecule has 0 aliphatic rings. The molecule has 0 aromatic carbocycles. The number of aryl methyl sites for hydroxylation is 1. The third kappa shape index (κ3) is 3.59. The van der Waals surface area contributed by atoms with Crippen LogP contribution in [0.4, 0.5) is 0 Å². The van der Waals surface area contributed by atoms with Crippen LogP contribution in [0.3, 0.4) is 0 Å². The molecule has 0 spiro atoms. The van der Waals surface area contributed by atoms with E-state index in [9.17, 15) is 0 Å². The largest absolute Gasteiger partial charge is 0.243 e. The quantitative estimate of drug-likeness (QED) is 0.570. The van der Waals surface area contributed by atoms with Gasteiger partial charge in [-0.05, 0) is 18.6 Å². The Bertz CT molecular complexity index is 223. The summed E-state index contributed by atoms with van der Waals surface area (Å²) in [4.78, 5) is 3.77. The minimum Gasteiger partial charge on any atom is -0.243 e. The second-order valence-electron chi connectivity index (χ2n) is 1.76. The van der Waals surface area contributed by atoms with Gasteiger partial charge in [0.05, 0.1) is 5.02 Å². The normalized spacial score (nSPS) is 8.45. The summed E-state index contributed by atoms with van der Waals surface area (Å²) in [5.74, 6) is 0. The van der Waals surface area contributed by atoms with E-state index in [1.54, 1.807) is 12.3 Å². The smallest absolute Gasteiger partial charge is 0.129 e. The fraction of sp³-hybridized carbons (Fsp3) is 0.375. The first-order valence-corrected chi connectivity index (χ1v) is 4.23. The molecule has 1 aromatic heterocycles. The van der Waals surface area contributed by atoms with Crippen molar-refractivity contribution in [2.75, 3.05) is 0 Å². The Balaban J connectivity index is 0.000000461. The zero-order valence-electron chi connectivity index (χ0n) is 6.86. The molecule has 0 bridgehead atoms. The molecule has 0 N–H and O–H groups in total. The van der Waals surface area contributed by atoms with Gasteiger partial charge >= 0.3 is 0 Å². The first-order valence-electron chi connectivity index (χ1n) is 3.48. The van der Waals surface area contributed by atoms with Crippen LogP contribution in [-0.4, -0.2) is 4.98 Å². The van der Waals surface area contributed by atoms with Crippen LogP contribution < -0.4 is 0 Å². The minimum absolute atomic E-state index is 0.483. The summed E-state index contributed by atoms with van der Waals surface area (Å²) in [7, 11) is 0. The van der Waals surface area contributed by atoms with Crippen molar-refractivity contribution in [1.82, 2.24) is 4.98 Å². The van der Waals surface area contributed by atoms with Crippen molar-refractivity contribution in [3.05, 3.63) is 28.0 Å². The van der Waals surface area contributed by atoms with E-state index in [1.165, 1.54) is 0 Å². The maximum Gasteiger partial charge on any atom is 0.129 e. The third-order valence-corrected chi connectivity index (χ3v) is 1.62. The number of hydrogen-bond acceptors (Lipinski definition) is 1. The molecular weight excluding hydrogens is 181 g/mol. The van der Waals surface area contributed by atoms with Crippen molar-refractivity contribution in [2.45, 2.75) is 20.8 Å². The molecule has 0 atom stereocenters. The third-order valence-electron chi connectivity index (χ3n) is 1.01. The maximum atomic E-state index is 5.66. The molecule has 0 saturated heterocycles. The van der Waals surface area contributed by atoms with E-state index in [-0.39, 0.29) is 0 Å². The molecule has 0 aliphatic heterocycles. The van der Waals surface area contributed by atoms with Gasteiger partial charge in [0.25, 0.3) is 0 Å². The van der Waals surface area contributed by atoms with E-state index in [1.807, 2.05) is 20.8 Å². The Labute approximate surface area is 77.4 Å². The van der Waals surface area contributed by atoms with E-state index in [2.05, 4.69) is 4.98 Å². The fourth-order valence-corrected chi connectivity index (χ4v) is 0.821. The second kappa shape index (κ2) is 5.39. The van der Waals surface area contributed by atoms with Gasteiger partial charge in [-0.1, -0.05) is 37.0 Å². The molecular formula is C8H11Cl2N. The Kier molecular flexibility index (Phi) is 5.26. The standard InChI is InChI=1S/C6H5Cl2N.C2H6/c1-4-2-6(8)9-3-5(4)7;1-2/h2-3H,1H3;1-2H3. The lowest BCUT2D eigenvalue weighted by molar-refractivity contribution is 1.29. The molecule has 0 unspecified atom stereocenters. The van der Waals surface area contributed by atoms with Crippen molar-refractivity contribution in [2.24, 2.45) is 0 Å². The highest BCUT2D eigenvalue weighted by Gasteiger charge is 1.94. The van der Waals surface area contributed by atoms with Crippen molar-refractivity contribution in [1.29, 1.82) is 0 Å².